The molecule has 0 aliphatic rings. The second kappa shape index (κ2) is 17.9. The Bertz CT molecular complexity index is 2090. The van der Waals surface area contributed by atoms with Crippen molar-refractivity contribution in [3.63, 3.8) is 0 Å². The van der Waals surface area contributed by atoms with Crippen LogP contribution in [-0.2, 0) is 14.3 Å². The predicted molar refractivity (Wildman–Crippen MR) is 206 cm³/mol. The SMILES string of the molecule is CCOC(=O)c1c(-c2ccc(C)cc2)csc1NC(=O)CSc1cccc(NC(=O)/C(=C\c2cc(OC)ccc2OC)NC(=O)c2ccccc2)c1. The molecule has 10 nitrogen and oxygen atoms in total. The van der Waals surface area contributed by atoms with E-state index in [1.54, 1.807) is 73.7 Å². The molecule has 0 fully saturated rings. The van der Waals surface area contributed by atoms with Gasteiger partial charge in [-0.1, -0.05) is 54.1 Å². The van der Waals surface area contributed by atoms with Gasteiger partial charge < -0.3 is 30.2 Å². The largest absolute Gasteiger partial charge is 0.497 e. The van der Waals surface area contributed by atoms with E-state index in [1.807, 2.05) is 42.6 Å². The van der Waals surface area contributed by atoms with Crippen LogP contribution in [0, 0.1) is 6.92 Å². The molecule has 52 heavy (non-hydrogen) atoms. The van der Waals surface area contributed by atoms with E-state index in [1.165, 1.54) is 43.4 Å². The van der Waals surface area contributed by atoms with Gasteiger partial charge in [0.2, 0.25) is 5.91 Å². The van der Waals surface area contributed by atoms with Gasteiger partial charge in [-0.3, -0.25) is 14.4 Å². The van der Waals surface area contributed by atoms with Crippen molar-refractivity contribution in [3.05, 3.63) is 130 Å². The number of esters is 1. The van der Waals surface area contributed by atoms with Gasteiger partial charge in [0.1, 0.15) is 27.8 Å². The molecule has 0 aliphatic heterocycles. The molecule has 3 N–H and O–H groups in total. The van der Waals surface area contributed by atoms with Crippen molar-refractivity contribution in [2.75, 3.05) is 37.2 Å². The highest BCUT2D eigenvalue weighted by Gasteiger charge is 2.23. The lowest BCUT2D eigenvalue weighted by Crippen LogP contribution is -2.30. The van der Waals surface area contributed by atoms with Gasteiger partial charge in [0.05, 0.1) is 26.6 Å². The van der Waals surface area contributed by atoms with E-state index in [0.29, 0.717) is 49.3 Å². The van der Waals surface area contributed by atoms with Crippen LogP contribution in [0.1, 0.15) is 38.8 Å². The van der Waals surface area contributed by atoms with E-state index in [2.05, 4.69) is 16.0 Å². The van der Waals surface area contributed by atoms with Gasteiger partial charge >= 0.3 is 5.97 Å². The number of ether oxygens (including phenoxy) is 3. The number of carbonyl (C=O) groups is 4. The first-order valence-corrected chi connectivity index (χ1v) is 18.1. The monoisotopic (exact) mass is 735 g/mol. The smallest absolute Gasteiger partial charge is 0.341 e. The van der Waals surface area contributed by atoms with Crippen molar-refractivity contribution in [2.45, 2.75) is 18.7 Å². The molecule has 0 atom stereocenters. The molecular formula is C40H37N3O7S2. The third kappa shape index (κ3) is 9.68. The number of amides is 3. The Hall–Kier alpha value is -5.85. The van der Waals surface area contributed by atoms with Gasteiger partial charge in [-0.2, -0.15) is 0 Å². The zero-order valence-electron chi connectivity index (χ0n) is 29.0. The van der Waals surface area contributed by atoms with Crippen molar-refractivity contribution in [3.8, 4) is 22.6 Å². The third-order valence-corrected chi connectivity index (χ3v) is 9.50. The van der Waals surface area contributed by atoms with Crippen LogP contribution in [0.15, 0.2) is 113 Å². The standard InChI is InChI=1S/C40H37N3O7S2/c1-5-50-40(47)36-32(26-16-14-25(2)15-17-26)23-52-39(36)43-35(44)24-51-31-13-9-12-29(22-31)41-38(46)33(42-37(45)27-10-7-6-8-11-27)21-28-20-30(48-3)18-19-34(28)49-4/h6-23H,5,24H2,1-4H3,(H,41,46)(H,42,45)(H,43,44)/b33-21+. The average molecular weight is 736 g/mol. The lowest BCUT2D eigenvalue weighted by Gasteiger charge is -2.14. The van der Waals surface area contributed by atoms with Gasteiger partial charge in [0, 0.05) is 32.7 Å². The summed E-state index contributed by atoms with van der Waals surface area (Å²) in [6.07, 6.45) is 1.51. The molecule has 0 bridgehead atoms. The number of rotatable bonds is 14. The zero-order chi connectivity index (χ0) is 37.0. The first kappa shape index (κ1) is 37.4. The van der Waals surface area contributed by atoms with Crippen molar-refractivity contribution in [2.24, 2.45) is 0 Å². The number of aryl methyl sites for hydroxylation is 1. The Morgan fingerprint density at radius 3 is 2.33 bits per heavy atom. The highest BCUT2D eigenvalue weighted by atomic mass is 32.2. The molecule has 1 heterocycles. The van der Waals surface area contributed by atoms with Gasteiger partial charge in [-0.25, -0.2) is 4.79 Å². The molecule has 5 aromatic rings. The fourth-order valence-electron chi connectivity index (χ4n) is 5.03. The van der Waals surface area contributed by atoms with Gasteiger partial charge in [0.25, 0.3) is 11.8 Å². The molecule has 266 valence electrons. The zero-order valence-corrected chi connectivity index (χ0v) is 30.6. The Labute approximate surface area is 310 Å². The van der Waals surface area contributed by atoms with E-state index in [4.69, 9.17) is 14.2 Å². The van der Waals surface area contributed by atoms with Crippen molar-refractivity contribution in [1.29, 1.82) is 0 Å². The van der Waals surface area contributed by atoms with Crippen LogP contribution in [0.5, 0.6) is 11.5 Å². The van der Waals surface area contributed by atoms with Crippen molar-refractivity contribution >= 4 is 63.6 Å². The summed E-state index contributed by atoms with van der Waals surface area (Å²) in [6, 6.07) is 28.4. The average Bonchev–Trinajstić information content (AvgIpc) is 3.57. The lowest BCUT2D eigenvalue weighted by atomic mass is 10.0. The van der Waals surface area contributed by atoms with Gasteiger partial charge in [-0.05, 0) is 74.0 Å². The summed E-state index contributed by atoms with van der Waals surface area (Å²) in [7, 11) is 3.04. The van der Waals surface area contributed by atoms with E-state index in [0.717, 1.165) is 11.1 Å². The molecule has 5 rings (SSSR count). The Morgan fingerprint density at radius 2 is 1.62 bits per heavy atom. The first-order valence-electron chi connectivity index (χ1n) is 16.2. The maximum atomic E-state index is 13.7. The second-order valence-electron chi connectivity index (χ2n) is 11.2. The van der Waals surface area contributed by atoms with Crippen LogP contribution >= 0.6 is 23.1 Å². The molecule has 1 aromatic heterocycles. The minimum absolute atomic E-state index is 0.0313. The highest BCUT2D eigenvalue weighted by Crippen LogP contribution is 2.37. The summed E-state index contributed by atoms with van der Waals surface area (Å²) in [5.41, 5.74) is 4.24. The van der Waals surface area contributed by atoms with Gasteiger partial charge in [-0.15, -0.1) is 23.1 Å². The number of carbonyl (C=O) groups excluding carboxylic acids is 4. The van der Waals surface area contributed by atoms with Gasteiger partial charge in [0.15, 0.2) is 0 Å². The minimum Gasteiger partial charge on any atom is -0.497 e. The van der Waals surface area contributed by atoms with Crippen LogP contribution in [0.2, 0.25) is 0 Å². The molecule has 0 unspecified atom stereocenters. The number of methoxy groups -OCH3 is 2. The summed E-state index contributed by atoms with van der Waals surface area (Å²) in [6.45, 7) is 3.92. The van der Waals surface area contributed by atoms with Crippen LogP contribution < -0.4 is 25.4 Å². The molecule has 0 saturated heterocycles. The number of thiophene rings is 1. The molecular weight excluding hydrogens is 699 g/mol. The van der Waals surface area contributed by atoms with E-state index in [-0.39, 0.29) is 24.0 Å². The normalized spacial score (nSPS) is 11.0. The summed E-state index contributed by atoms with van der Waals surface area (Å²) in [5.74, 6) is -0.833. The van der Waals surface area contributed by atoms with Crippen LogP contribution in [-0.4, -0.2) is 50.3 Å². The molecule has 0 aliphatic carbocycles. The Morgan fingerprint density at radius 1 is 0.846 bits per heavy atom. The fraction of sp³-hybridized carbons (Fsp3) is 0.150. The summed E-state index contributed by atoms with van der Waals surface area (Å²) in [4.78, 5) is 53.7. The first-order chi connectivity index (χ1) is 25.2. The Balaban J connectivity index is 1.31. The fourth-order valence-corrected chi connectivity index (χ4v) is 6.75. The van der Waals surface area contributed by atoms with E-state index >= 15 is 0 Å². The number of hydrogen-bond acceptors (Lipinski definition) is 9. The lowest BCUT2D eigenvalue weighted by molar-refractivity contribution is -0.114. The number of thioether (sulfide) groups is 1. The van der Waals surface area contributed by atoms with Crippen LogP contribution in [0.4, 0.5) is 10.7 Å². The molecule has 4 aromatic carbocycles. The topological polar surface area (TPSA) is 132 Å². The number of hydrogen-bond donors (Lipinski definition) is 3. The van der Waals surface area contributed by atoms with Crippen molar-refractivity contribution in [1.82, 2.24) is 5.32 Å². The van der Waals surface area contributed by atoms with E-state index in [9.17, 15) is 19.2 Å². The van der Waals surface area contributed by atoms with Crippen LogP contribution in [0.3, 0.4) is 0 Å². The van der Waals surface area contributed by atoms with Crippen LogP contribution in [0.25, 0.3) is 17.2 Å². The number of anilines is 2. The summed E-state index contributed by atoms with van der Waals surface area (Å²) >= 11 is 2.52. The molecule has 0 spiro atoms. The number of nitrogens with one attached hydrogen (secondary N) is 3. The Kier molecular flexibility index (Phi) is 12.9. The third-order valence-electron chi connectivity index (χ3n) is 7.61. The highest BCUT2D eigenvalue weighted by molar-refractivity contribution is 8.00. The molecule has 0 saturated carbocycles. The summed E-state index contributed by atoms with van der Waals surface area (Å²) < 4.78 is 16.2. The minimum atomic E-state index is -0.581. The molecule has 3 amide bonds. The maximum Gasteiger partial charge on any atom is 0.341 e. The van der Waals surface area contributed by atoms with E-state index < -0.39 is 17.8 Å². The summed E-state index contributed by atoms with van der Waals surface area (Å²) in [5, 5.41) is 10.7. The number of benzene rings is 4. The quantitative estimate of drug-likeness (QED) is 0.0593. The predicted octanol–water partition coefficient (Wildman–Crippen LogP) is 8.06. The molecule has 12 heteroatoms. The maximum absolute atomic E-state index is 13.7. The molecule has 0 radical (unpaired) electrons. The van der Waals surface area contributed by atoms with Crippen molar-refractivity contribution < 1.29 is 33.4 Å². The second-order valence-corrected chi connectivity index (χ2v) is 13.2.